The Labute approximate surface area is 116 Å². The molecule has 19 heavy (non-hydrogen) atoms. The lowest BCUT2D eigenvalue weighted by Gasteiger charge is -2.27. The molecule has 2 heterocycles. The predicted octanol–water partition coefficient (Wildman–Crippen LogP) is 2.38. The van der Waals surface area contributed by atoms with E-state index in [9.17, 15) is 0 Å². The highest BCUT2D eigenvalue weighted by molar-refractivity contribution is 5.48. The summed E-state index contributed by atoms with van der Waals surface area (Å²) in [6.45, 7) is 7.00. The fraction of sp³-hybridized carbons (Fsp3) is 0.625. The van der Waals surface area contributed by atoms with Crippen molar-refractivity contribution < 1.29 is 0 Å². The minimum Gasteiger partial charge on any atom is -0.370 e. The van der Waals surface area contributed by atoms with Crippen molar-refractivity contribution in [3.05, 3.63) is 29.8 Å². The number of hydrogen-bond acceptors (Lipinski definition) is 3. The van der Waals surface area contributed by atoms with Gasteiger partial charge in [0, 0.05) is 37.4 Å². The van der Waals surface area contributed by atoms with Crippen LogP contribution in [0.15, 0.2) is 24.3 Å². The zero-order valence-electron chi connectivity index (χ0n) is 11.9. The van der Waals surface area contributed by atoms with E-state index in [1.807, 2.05) is 6.92 Å². The number of benzene rings is 1. The molecule has 1 unspecified atom stereocenters. The van der Waals surface area contributed by atoms with Crippen LogP contribution in [0, 0.1) is 0 Å². The van der Waals surface area contributed by atoms with Crippen molar-refractivity contribution in [1.29, 1.82) is 0 Å². The smallest absolute Gasteiger partial charge is 0.0366 e. The molecule has 0 aliphatic carbocycles. The Hall–Kier alpha value is -1.06. The summed E-state index contributed by atoms with van der Waals surface area (Å²) in [6, 6.07) is 9.74. The summed E-state index contributed by atoms with van der Waals surface area (Å²) in [7, 11) is 0. The van der Waals surface area contributed by atoms with E-state index >= 15 is 0 Å². The first-order chi connectivity index (χ1) is 9.24. The summed E-state index contributed by atoms with van der Waals surface area (Å²) in [5, 5.41) is 0. The van der Waals surface area contributed by atoms with Gasteiger partial charge in [0.15, 0.2) is 0 Å². The Morgan fingerprint density at radius 3 is 2.58 bits per heavy atom. The number of nitrogens with zero attached hydrogens (tertiary/aromatic N) is 2. The minimum absolute atomic E-state index is 0.128. The predicted molar refractivity (Wildman–Crippen MR) is 80.5 cm³/mol. The summed E-state index contributed by atoms with van der Waals surface area (Å²) < 4.78 is 0. The number of fused-ring (bicyclic) bond motifs is 1. The zero-order valence-corrected chi connectivity index (χ0v) is 11.9. The van der Waals surface area contributed by atoms with Gasteiger partial charge in [0.2, 0.25) is 0 Å². The van der Waals surface area contributed by atoms with Crippen LogP contribution in [0.3, 0.4) is 0 Å². The normalized spacial score (nSPS) is 26.0. The lowest BCUT2D eigenvalue weighted by Crippen LogP contribution is -2.36. The molecule has 3 nitrogen and oxygen atoms in total. The van der Waals surface area contributed by atoms with Crippen LogP contribution >= 0.6 is 0 Å². The second-order valence-electron chi connectivity index (χ2n) is 6.01. The van der Waals surface area contributed by atoms with Gasteiger partial charge in [0.05, 0.1) is 0 Å². The quantitative estimate of drug-likeness (QED) is 0.885. The van der Waals surface area contributed by atoms with Crippen LogP contribution in [0.5, 0.6) is 0 Å². The summed E-state index contributed by atoms with van der Waals surface area (Å²) in [6.07, 6.45) is 4.03. The average Bonchev–Trinajstić information content (AvgIpc) is 2.76. The zero-order chi connectivity index (χ0) is 13.2. The van der Waals surface area contributed by atoms with Crippen LogP contribution in [-0.4, -0.2) is 37.1 Å². The Bertz CT molecular complexity index is 413. The highest BCUT2D eigenvalue weighted by atomic mass is 15.3. The van der Waals surface area contributed by atoms with Crippen LogP contribution < -0.4 is 10.6 Å². The van der Waals surface area contributed by atoms with Gasteiger partial charge < -0.3 is 10.6 Å². The molecule has 2 N–H and O–H groups in total. The monoisotopic (exact) mass is 259 g/mol. The molecule has 0 aromatic heterocycles. The van der Waals surface area contributed by atoms with E-state index in [0.29, 0.717) is 0 Å². The Morgan fingerprint density at radius 1 is 1.11 bits per heavy atom. The van der Waals surface area contributed by atoms with Gasteiger partial charge in [-0.05, 0) is 50.4 Å². The number of anilines is 1. The largest absolute Gasteiger partial charge is 0.370 e. The van der Waals surface area contributed by atoms with Gasteiger partial charge in [-0.2, -0.15) is 0 Å². The molecular weight excluding hydrogens is 234 g/mol. The van der Waals surface area contributed by atoms with E-state index in [4.69, 9.17) is 5.73 Å². The molecule has 2 atom stereocenters. The van der Waals surface area contributed by atoms with Gasteiger partial charge in [0.25, 0.3) is 0 Å². The van der Waals surface area contributed by atoms with Gasteiger partial charge in [-0.25, -0.2) is 0 Å². The fourth-order valence-electron chi connectivity index (χ4n) is 3.43. The van der Waals surface area contributed by atoms with Crippen molar-refractivity contribution in [3.8, 4) is 0 Å². The SMILES string of the molecule is C[C@@H](N)c1ccc(N2CCCN3CCCC3C2)cc1. The van der Waals surface area contributed by atoms with Crippen molar-refractivity contribution >= 4 is 5.69 Å². The van der Waals surface area contributed by atoms with E-state index in [0.717, 1.165) is 6.04 Å². The molecule has 0 bridgehead atoms. The van der Waals surface area contributed by atoms with E-state index in [-0.39, 0.29) is 6.04 Å². The molecule has 2 fully saturated rings. The average molecular weight is 259 g/mol. The van der Waals surface area contributed by atoms with Gasteiger partial charge in [-0.1, -0.05) is 12.1 Å². The van der Waals surface area contributed by atoms with Gasteiger partial charge in [0.1, 0.15) is 0 Å². The molecule has 0 spiro atoms. The first kappa shape index (κ1) is 12.9. The third-order valence-corrected chi connectivity index (χ3v) is 4.59. The summed E-state index contributed by atoms with van der Waals surface area (Å²) >= 11 is 0. The van der Waals surface area contributed by atoms with Gasteiger partial charge in [-0.15, -0.1) is 0 Å². The Kier molecular flexibility index (Phi) is 3.76. The first-order valence-electron chi connectivity index (χ1n) is 7.58. The third kappa shape index (κ3) is 2.77. The van der Waals surface area contributed by atoms with E-state index in [1.54, 1.807) is 0 Å². The molecule has 1 aromatic carbocycles. The second-order valence-corrected chi connectivity index (χ2v) is 6.01. The maximum atomic E-state index is 5.92. The highest BCUT2D eigenvalue weighted by Gasteiger charge is 2.28. The van der Waals surface area contributed by atoms with Crippen molar-refractivity contribution in [3.63, 3.8) is 0 Å². The van der Waals surface area contributed by atoms with Crippen molar-refractivity contribution in [2.24, 2.45) is 5.73 Å². The van der Waals surface area contributed by atoms with E-state index in [1.165, 1.54) is 56.7 Å². The van der Waals surface area contributed by atoms with Crippen LogP contribution in [0.4, 0.5) is 5.69 Å². The minimum atomic E-state index is 0.128. The molecule has 2 aliphatic heterocycles. The van der Waals surface area contributed by atoms with Crippen LogP contribution in [0.2, 0.25) is 0 Å². The fourth-order valence-corrected chi connectivity index (χ4v) is 3.43. The molecule has 1 aromatic rings. The Morgan fingerprint density at radius 2 is 1.84 bits per heavy atom. The molecule has 2 saturated heterocycles. The molecule has 3 heteroatoms. The molecular formula is C16H25N3. The maximum Gasteiger partial charge on any atom is 0.0366 e. The summed E-state index contributed by atoms with van der Waals surface area (Å²) in [5.74, 6) is 0. The third-order valence-electron chi connectivity index (χ3n) is 4.59. The molecule has 0 radical (unpaired) electrons. The van der Waals surface area contributed by atoms with Crippen LogP contribution in [0.1, 0.15) is 37.8 Å². The summed E-state index contributed by atoms with van der Waals surface area (Å²) in [5.41, 5.74) is 8.50. The Balaban J connectivity index is 1.73. The van der Waals surface area contributed by atoms with Crippen LogP contribution in [0.25, 0.3) is 0 Å². The molecule has 2 aliphatic rings. The summed E-state index contributed by atoms with van der Waals surface area (Å²) in [4.78, 5) is 5.23. The van der Waals surface area contributed by atoms with Crippen molar-refractivity contribution in [2.45, 2.75) is 38.3 Å². The lowest BCUT2D eigenvalue weighted by molar-refractivity contribution is 0.273. The van der Waals surface area contributed by atoms with E-state index < -0.39 is 0 Å². The van der Waals surface area contributed by atoms with Crippen molar-refractivity contribution in [1.82, 2.24) is 4.90 Å². The topological polar surface area (TPSA) is 32.5 Å². The lowest BCUT2D eigenvalue weighted by atomic mass is 10.1. The molecule has 0 saturated carbocycles. The molecule has 3 rings (SSSR count). The second kappa shape index (κ2) is 5.51. The molecule has 104 valence electrons. The van der Waals surface area contributed by atoms with Gasteiger partial charge >= 0.3 is 0 Å². The van der Waals surface area contributed by atoms with Crippen molar-refractivity contribution in [2.75, 3.05) is 31.1 Å². The molecule has 0 amide bonds. The first-order valence-corrected chi connectivity index (χ1v) is 7.58. The number of rotatable bonds is 2. The van der Waals surface area contributed by atoms with E-state index in [2.05, 4.69) is 34.1 Å². The maximum absolute atomic E-state index is 5.92. The van der Waals surface area contributed by atoms with Crippen LogP contribution in [-0.2, 0) is 0 Å². The highest BCUT2D eigenvalue weighted by Crippen LogP contribution is 2.25. The number of hydrogen-bond donors (Lipinski definition) is 1. The number of nitrogens with two attached hydrogens (primary N) is 1. The standard InChI is InChI=1S/C16H25N3/c1-13(17)14-5-7-15(8-6-14)19-11-3-10-18-9-2-4-16(18)12-19/h5-8,13,16H,2-4,9-12,17H2,1H3/t13-,16?/m1/s1. The van der Waals surface area contributed by atoms with Gasteiger partial charge in [-0.3, -0.25) is 4.90 Å².